The van der Waals surface area contributed by atoms with Gasteiger partial charge in [-0.15, -0.1) is 0 Å². The van der Waals surface area contributed by atoms with Gasteiger partial charge in [-0.25, -0.2) is 4.98 Å². The first-order valence-corrected chi connectivity index (χ1v) is 8.27. The van der Waals surface area contributed by atoms with Crippen molar-refractivity contribution < 1.29 is 4.74 Å². The number of nitrogens with one attached hydrogen (secondary N) is 2. The number of aromatic nitrogens is 2. The largest absolute Gasteiger partial charge is 0.495 e. The fourth-order valence-electron chi connectivity index (χ4n) is 2.23. The summed E-state index contributed by atoms with van der Waals surface area (Å²) in [6, 6.07) is 12.8. The SMILES string of the molecule is COc1ccc(Nc2nccc(Nc3cc(Cl)ccc3C)n2)cc1Cl. The van der Waals surface area contributed by atoms with E-state index in [9.17, 15) is 0 Å². The maximum Gasteiger partial charge on any atom is 0.229 e. The molecule has 1 heterocycles. The zero-order chi connectivity index (χ0) is 17.8. The Bertz CT molecular complexity index is 902. The molecule has 5 nitrogen and oxygen atoms in total. The lowest BCUT2D eigenvalue weighted by Gasteiger charge is -2.11. The van der Waals surface area contributed by atoms with E-state index >= 15 is 0 Å². The van der Waals surface area contributed by atoms with E-state index in [0.29, 0.717) is 27.6 Å². The molecule has 0 spiro atoms. The van der Waals surface area contributed by atoms with Crippen LogP contribution in [0.2, 0.25) is 10.0 Å². The van der Waals surface area contributed by atoms with Crippen LogP contribution in [0.15, 0.2) is 48.7 Å². The maximum absolute atomic E-state index is 6.14. The monoisotopic (exact) mass is 374 g/mol. The molecular weight excluding hydrogens is 359 g/mol. The van der Waals surface area contributed by atoms with E-state index in [4.69, 9.17) is 27.9 Å². The van der Waals surface area contributed by atoms with Crippen LogP contribution in [0.25, 0.3) is 0 Å². The van der Waals surface area contributed by atoms with Crippen molar-refractivity contribution in [1.82, 2.24) is 9.97 Å². The second-order valence-corrected chi connectivity index (χ2v) is 6.17. The molecule has 0 radical (unpaired) electrons. The van der Waals surface area contributed by atoms with Crippen LogP contribution in [0.3, 0.4) is 0 Å². The van der Waals surface area contributed by atoms with E-state index in [0.717, 1.165) is 16.9 Å². The molecule has 1 aromatic heterocycles. The van der Waals surface area contributed by atoms with Crippen molar-refractivity contribution in [1.29, 1.82) is 0 Å². The van der Waals surface area contributed by atoms with Gasteiger partial charge < -0.3 is 15.4 Å². The van der Waals surface area contributed by atoms with Crippen LogP contribution < -0.4 is 15.4 Å². The average Bonchev–Trinajstić information content (AvgIpc) is 2.59. The van der Waals surface area contributed by atoms with Crippen molar-refractivity contribution in [2.24, 2.45) is 0 Å². The minimum Gasteiger partial charge on any atom is -0.495 e. The lowest BCUT2D eigenvalue weighted by Crippen LogP contribution is -2.01. The first-order chi connectivity index (χ1) is 12.0. The number of nitrogens with zero attached hydrogens (tertiary/aromatic N) is 2. The Morgan fingerprint density at radius 1 is 1.00 bits per heavy atom. The van der Waals surface area contributed by atoms with Crippen molar-refractivity contribution >= 4 is 46.3 Å². The van der Waals surface area contributed by atoms with Gasteiger partial charge in [-0.2, -0.15) is 4.98 Å². The normalized spacial score (nSPS) is 10.4. The van der Waals surface area contributed by atoms with Crippen molar-refractivity contribution in [2.75, 3.05) is 17.7 Å². The molecule has 0 amide bonds. The summed E-state index contributed by atoms with van der Waals surface area (Å²) < 4.78 is 5.14. The van der Waals surface area contributed by atoms with Crippen molar-refractivity contribution in [3.8, 4) is 5.75 Å². The third kappa shape index (κ3) is 4.32. The second-order valence-electron chi connectivity index (χ2n) is 5.32. The Labute approximate surface area is 156 Å². The van der Waals surface area contributed by atoms with Crippen LogP contribution in [-0.2, 0) is 0 Å². The van der Waals surface area contributed by atoms with E-state index in [1.807, 2.05) is 31.2 Å². The fourth-order valence-corrected chi connectivity index (χ4v) is 2.66. The molecule has 0 saturated heterocycles. The van der Waals surface area contributed by atoms with Crippen LogP contribution in [0, 0.1) is 6.92 Å². The summed E-state index contributed by atoms with van der Waals surface area (Å²) in [4.78, 5) is 8.68. The van der Waals surface area contributed by atoms with Crippen LogP contribution in [-0.4, -0.2) is 17.1 Å². The molecule has 0 aliphatic rings. The van der Waals surface area contributed by atoms with Gasteiger partial charge in [0.15, 0.2) is 0 Å². The number of aryl methyl sites for hydroxylation is 1. The summed E-state index contributed by atoms with van der Waals surface area (Å²) in [6.45, 7) is 2.00. The van der Waals surface area contributed by atoms with Gasteiger partial charge in [-0.3, -0.25) is 0 Å². The van der Waals surface area contributed by atoms with Crippen LogP contribution in [0.4, 0.5) is 23.1 Å². The van der Waals surface area contributed by atoms with Crippen LogP contribution in [0.1, 0.15) is 5.56 Å². The van der Waals surface area contributed by atoms with E-state index in [2.05, 4.69) is 20.6 Å². The van der Waals surface area contributed by atoms with Gasteiger partial charge in [0.25, 0.3) is 0 Å². The molecule has 0 aliphatic heterocycles. The van der Waals surface area contributed by atoms with Crippen molar-refractivity contribution in [3.63, 3.8) is 0 Å². The Balaban J connectivity index is 1.79. The smallest absolute Gasteiger partial charge is 0.229 e. The number of benzene rings is 2. The molecule has 0 fully saturated rings. The number of hydrogen-bond acceptors (Lipinski definition) is 5. The Hall–Kier alpha value is -2.50. The predicted octanol–water partition coefficient (Wildman–Crippen LogP) is 5.59. The second kappa shape index (κ2) is 7.59. The third-order valence-corrected chi connectivity index (χ3v) is 4.06. The van der Waals surface area contributed by atoms with Gasteiger partial charge in [-0.1, -0.05) is 29.3 Å². The van der Waals surface area contributed by atoms with Crippen LogP contribution in [0.5, 0.6) is 5.75 Å². The first-order valence-electron chi connectivity index (χ1n) is 7.52. The molecule has 3 rings (SSSR count). The molecule has 0 saturated carbocycles. The van der Waals surface area contributed by atoms with Gasteiger partial charge in [0.1, 0.15) is 11.6 Å². The molecular formula is C18H16Cl2N4O. The molecule has 7 heteroatoms. The summed E-state index contributed by atoms with van der Waals surface area (Å²) in [5.41, 5.74) is 2.73. The number of rotatable bonds is 5. The van der Waals surface area contributed by atoms with Crippen molar-refractivity contribution in [3.05, 3.63) is 64.3 Å². The number of methoxy groups -OCH3 is 1. The standard InChI is InChI=1S/C18H16Cl2N4O/c1-11-3-4-12(19)9-15(11)23-17-7-8-21-18(24-17)22-13-5-6-16(25-2)14(20)10-13/h3-10H,1-2H3,(H2,21,22,23,24). The van der Waals surface area contributed by atoms with Crippen molar-refractivity contribution in [2.45, 2.75) is 6.92 Å². The number of halogens is 2. The molecule has 0 atom stereocenters. The van der Waals surface area contributed by atoms with E-state index in [1.54, 1.807) is 31.5 Å². The third-order valence-electron chi connectivity index (χ3n) is 3.53. The van der Waals surface area contributed by atoms with E-state index < -0.39 is 0 Å². The molecule has 3 aromatic rings. The van der Waals surface area contributed by atoms with Gasteiger partial charge in [0, 0.05) is 22.6 Å². The summed E-state index contributed by atoms with van der Waals surface area (Å²) in [7, 11) is 1.57. The number of ether oxygens (including phenoxy) is 1. The highest BCUT2D eigenvalue weighted by molar-refractivity contribution is 6.32. The highest BCUT2D eigenvalue weighted by Gasteiger charge is 2.06. The van der Waals surface area contributed by atoms with E-state index in [-0.39, 0.29) is 0 Å². The first kappa shape index (κ1) is 17.3. The van der Waals surface area contributed by atoms with E-state index in [1.165, 1.54) is 0 Å². The molecule has 2 aromatic carbocycles. The molecule has 128 valence electrons. The molecule has 2 N–H and O–H groups in total. The lowest BCUT2D eigenvalue weighted by atomic mass is 10.2. The Morgan fingerprint density at radius 2 is 1.84 bits per heavy atom. The van der Waals surface area contributed by atoms with Crippen LogP contribution >= 0.6 is 23.2 Å². The minimum atomic E-state index is 0.450. The highest BCUT2D eigenvalue weighted by Crippen LogP contribution is 2.28. The van der Waals surface area contributed by atoms with Gasteiger partial charge >= 0.3 is 0 Å². The predicted molar refractivity (Wildman–Crippen MR) is 103 cm³/mol. The topological polar surface area (TPSA) is 59.1 Å². The fraction of sp³-hybridized carbons (Fsp3) is 0.111. The molecule has 25 heavy (non-hydrogen) atoms. The minimum absolute atomic E-state index is 0.450. The number of anilines is 4. The average molecular weight is 375 g/mol. The van der Waals surface area contributed by atoms with Gasteiger partial charge in [0.2, 0.25) is 5.95 Å². The van der Waals surface area contributed by atoms with Gasteiger partial charge in [-0.05, 0) is 48.9 Å². The Kier molecular flexibility index (Phi) is 5.26. The summed E-state index contributed by atoms with van der Waals surface area (Å²) in [6.07, 6.45) is 1.67. The summed E-state index contributed by atoms with van der Waals surface area (Å²) in [5, 5.41) is 7.54. The maximum atomic E-state index is 6.14. The van der Waals surface area contributed by atoms with Gasteiger partial charge in [0.05, 0.1) is 12.1 Å². The molecule has 0 unspecified atom stereocenters. The summed E-state index contributed by atoms with van der Waals surface area (Å²) in [5.74, 6) is 1.72. The zero-order valence-electron chi connectivity index (χ0n) is 13.7. The number of hydrogen-bond donors (Lipinski definition) is 2. The Morgan fingerprint density at radius 3 is 2.60 bits per heavy atom. The molecule has 0 aliphatic carbocycles. The zero-order valence-corrected chi connectivity index (χ0v) is 15.2. The highest BCUT2D eigenvalue weighted by atomic mass is 35.5. The quantitative estimate of drug-likeness (QED) is 0.609. The lowest BCUT2D eigenvalue weighted by molar-refractivity contribution is 0.415. The summed E-state index contributed by atoms with van der Waals surface area (Å²) >= 11 is 12.2. The molecule has 0 bridgehead atoms.